The SMILES string of the molecule is O=Cc1cn(-c2nccs2)nc1-c1ccccc1. The second-order valence-corrected chi connectivity index (χ2v) is 4.55. The first kappa shape index (κ1) is 10.9. The molecule has 3 aromatic rings. The molecule has 3 rings (SSSR count). The molecule has 18 heavy (non-hydrogen) atoms. The van der Waals surface area contributed by atoms with Crippen LogP contribution in [0.25, 0.3) is 16.4 Å². The Hall–Kier alpha value is -2.27. The molecule has 0 aliphatic rings. The van der Waals surface area contributed by atoms with Crippen LogP contribution in [0.15, 0.2) is 48.1 Å². The molecule has 4 nitrogen and oxygen atoms in total. The molecule has 0 unspecified atom stereocenters. The Balaban J connectivity index is 2.13. The highest BCUT2D eigenvalue weighted by atomic mass is 32.1. The largest absolute Gasteiger partial charge is 0.298 e. The highest BCUT2D eigenvalue weighted by Crippen LogP contribution is 2.22. The van der Waals surface area contributed by atoms with E-state index in [9.17, 15) is 4.79 Å². The van der Waals surface area contributed by atoms with E-state index in [1.165, 1.54) is 11.3 Å². The molecule has 0 atom stereocenters. The average Bonchev–Trinajstić information content (AvgIpc) is 3.08. The van der Waals surface area contributed by atoms with Gasteiger partial charge in [-0.05, 0) is 0 Å². The monoisotopic (exact) mass is 255 g/mol. The van der Waals surface area contributed by atoms with Gasteiger partial charge in [-0.1, -0.05) is 30.3 Å². The van der Waals surface area contributed by atoms with Crippen molar-refractivity contribution in [2.75, 3.05) is 0 Å². The number of benzene rings is 1. The molecule has 88 valence electrons. The van der Waals surface area contributed by atoms with Gasteiger partial charge < -0.3 is 0 Å². The normalized spacial score (nSPS) is 10.4. The van der Waals surface area contributed by atoms with Gasteiger partial charge >= 0.3 is 0 Å². The summed E-state index contributed by atoms with van der Waals surface area (Å²) in [7, 11) is 0. The summed E-state index contributed by atoms with van der Waals surface area (Å²) in [5.74, 6) is 0. The van der Waals surface area contributed by atoms with Crippen LogP contribution >= 0.6 is 11.3 Å². The summed E-state index contributed by atoms with van der Waals surface area (Å²) in [5, 5.41) is 7.05. The Morgan fingerprint density at radius 3 is 2.72 bits per heavy atom. The van der Waals surface area contributed by atoms with Crippen molar-refractivity contribution in [2.45, 2.75) is 0 Å². The van der Waals surface area contributed by atoms with Crippen molar-refractivity contribution >= 4 is 17.6 Å². The highest BCUT2D eigenvalue weighted by molar-refractivity contribution is 7.12. The van der Waals surface area contributed by atoms with Gasteiger partial charge in [0.2, 0.25) is 5.13 Å². The first-order valence-corrected chi connectivity index (χ1v) is 6.26. The van der Waals surface area contributed by atoms with Crippen LogP contribution in [-0.4, -0.2) is 21.1 Å². The van der Waals surface area contributed by atoms with Gasteiger partial charge in [0.1, 0.15) is 5.69 Å². The molecule has 2 heterocycles. The number of aromatic nitrogens is 3. The van der Waals surface area contributed by atoms with Gasteiger partial charge in [0.15, 0.2) is 6.29 Å². The number of hydrogen-bond donors (Lipinski definition) is 0. The lowest BCUT2D eigenvalue weighted by molar-refractivity contribution is 0.112. The summed E-state index contributed by atoms with van der Waals surface area (Å²) in [6.07, 6.45) is 4.23. The standard InChI is InChI=1S/C13H9N3OS/c17-9-11-8-16(13-14-6-7-18-13)15-12(11)10-4-2-1-3-5-10/h1-9H. The summed E-state index contributed by atoms with van der Waals surface area (Å²) in [4.78, 5) is 15.3. The molecule has 5 heteroatoms. The Morgan fingerprint density at radius 1 is 1.22 bits per heavy atom. The fraction of sp³-hybridized carbons (Fsp3) is 0. The quantitative estimate of drug-likeness (QED) is 0.676. The van der Waals surface area contributed by atoms with E-state index in [2.05, 4.69) is 10.1 Å². The second kappa shape index (κ2) is 4.54. The van der Waals surface area contributed by atoms with Gasteiger partial charge in [0.05, 0.1) is 5.56 Å². The maximum Gasteiger partial charge on any atom is 0.210 e. The second-order valence-electron chi connectivity index (χ2n) is 3.68. The number of rotatable bonds is 3. The van der Waals surface area contributed by atoms with E-state index in [4.69, 9.17) is 0 Å². The third-order valence-electron chi connectivity index (χ3n) is 2.53. The molecule has 0 saturated carbocycles. The van der Waals surface area contributed by atoms with Gasteiger partial charge in [0.25, 0.3) is 0 Å². The lowest BCUT2D eigenvalue weighted by atomic mass is 10.1. The maximum atomic E-state index is 11.1. The molecule has 0 spiro atoms. The molecule has 2 aromatic heterocycles. The van der Waals surface area contributed by atoms with E-state index in [-0.39, 0.29) is 0 Å². The van der Waals surface area contributed by atoms with E-state index in [1.807, 2.05) is 35.7 Å². The van der Waals surface area contributed by atoms with Crippen LogP contribution in [0.5, 0.6) is 0 Å². The lowest BCUT2D eigenvalue weighted by Gasteiger charge is -1.96. The topological polar surface area (TPSA) is 47.8 Å². The minimum Gasteiger partial charge on any atom is -0.298 e. The van der Waals surface area contributed by atoms with Crippen LogP contribution in [0.3, 0.4) is 0 Å². The molecule has 0 aliphatic carbocycles. The fourth-order valence-electron chi connectivity index (χ4n) is 1.72. The maximum absolute atomic E-state index is 11.1. The molecule has 1 aromatic carbocycles. The molecule has 0 amide bonds. The van der Waals surface area contributed by atoms with Crippen LogP contribution in [0, 0.1) is 0 Å². The van der Waals surface area contributed by atoms with Gasteiger partial charge in [-0.25, -0.2) is 9.67 Å². The number of carbonyl (C=O) groups excluding carboxylic acids is 1. The molecular formula is C13H9N3OS. The Bertz CT molecular complexity index is 659. The van der Waals surface area contributed by atoms with E-state index in [1.54, 1.807) is 17.1 Å². The fourth-order valence-corrected chi connectivity index (χ4v) is 2.29. The molecule has 0 N–H and O–H groups in total. The minimum atomic E-state index is 0.566. The van der Waals surface area contributed by atoms with Crippen molar-refractivity contribution in [1.82, 2.24) is 14.8 Å². The zero-order valence-electron chi connectivity index (χ0n) is 9.35. The summed E-state index contributed by atoms with van der Waals surface area (Å²) in [5.41, 5.74) is 2.17. The predicted molar refractivity (Wildman–Crippen MR) is 70.1 cm³/mol. The van der Waals surface area contributed by atoms with Crippen molar-refractivity contribution in [3.8, 4) is 16.4 Å². The lowest BCUT2D eigenvalue weighted by Crippen LogP contribution is -1.93. The summed E-state index contributed by atoms with van der Waals surface area (Å²) >= 11 is 1.48. The van der Waals surface area contributed by atoms with Crippen molar-refractivity contribution in [1.29, 1.82) is 0 Å². The number of hydrogen-bond acceptors (Lipinski definition) is 4. The van der Waals surface area contributed by atoms with Crippen molar-refractivity contribution in [2.24, 2.45) is 0 Å². The molecule has 0 aliphatic heterocycles. The van der Waals surface area contributed by atoms with Crippen molar-refractivity contribution in [3.63, 3.8) is 0 Å². The number of carbonyl (C=O) groups is 1. The average molecular weight is 255 g/mol. The first-order chi connectivity index (χ1) is 8.88. The zero-order chi connectivity index (χ0) is 12.4. The molecular weight excluding hydrogens is 246 g/mol. The molecule has 0 fully saturated rings. The van der Waals surface area contributed by atoms with Gasteiger partial charge in [0, 0.05) is 23.3 Å². The summed E-state index contributed by atoms with van der Waals surface area (Å²) in [6.45, 7) is 0. The third-order valence-corrected chi connectivity index (χ3v) is 3.29. The van der Waals surface area contributed by atoms with E-state index in [0.29, 0.717) is 11.3 Å². The Kier molecular flexibility index (Phi) is 2.74. The van der Waals surface area contributed by atoms with Crippen LogP contribution in [-0.2, 0) is 0 Å². The van der Waals surface area contributed by atoms with Gasteiger partial charge in [-0.2, -0.15) is 5.10 Å². The molecule has 0 saturated heterocycles. The van der Waals surface area contributed by atoms with Gasteiger partial charge in [-0.15, -0.1) is 11.3 Å². The van der Waals surface area contributed by atoms with Gasteiger partial charge in [-0.3, -0.25) is 4.79 Å². The van der Waals surface area contributed by atoms with Crippen LogP contribution in [0.1, 0.15) is 10.4 Å². The number of aldehydes is 1. The number of nitrogens with zero attached hydrogens (tertiary/aromatic N) is 3. The van der Waals surface area contributed by atoms with E-state index < -0.39 is 0 Å². The predicted octanol–water partition coefficient (Wildman–Crippen LogP) is 2.81. The minimum absolute atomic E-state index is 0.566. The van der Waals surface area contributed by atoms with Crippen LogP contribution in [0.4, 0.5) is 0 Å². The Morgan fingerprint density at radius 2 is 2.06 bits per heavy atom. The van der Waals surface area contributed by atoms with Crippen molar-refractivity contribution < 1.29 is 4.79 Å². The summed E-state index contributed by atoms with van der Waals surface area (Å²) in [6, 6.07) is 9.64. The van der Waals surface area contributed by atoms with Crippen LogP contribution in [0.2, 0.25) is 0 Å². The van der Waals surface area contributed by atoms with Crippen LogP contribution < -0.4 is 0 Å². The molecule has 0 bridgehead atoms. The first-order valence-electron chi connectivity index (χ1n) is 5.38. The zero-order valence-corrected chi connectivity index (χ0v) is 10.2. The Labute approximate surface area is 108 Å². The number of thiazole rings is 1. The van der Waals surface area contributed by atoms with Crippen molar-refractivity contribution in [3.05, 3.63) is 53.7 Å². The highest BCUT2D eigenvalue weighted by Gasteiger charge is 2.12. The van der Waals surface area contributed by atoms with E-state index in [0.717, 1.165) is 17.0 Å². The summed E-state index contributed by atoms with van der Waals surface area (Å²) < 4.78 is 1.64. The smallest absolute Gasteiger partial charge is 0.210 e. The van der Waals surface area contributed by atoms with E-state index >= 15 is 0 Å². The molecule has 0 radical (unpaired) electrons. The third kappa shape index (κ3) is 1.84.